The van der Waals surface area contributed by atoms with Crippen molar-refractivity contribution in [3.63, 3.8) is 0 Å². The van der Waals surface area contributed by atoms with Crippen LogP contribution in [0.5, 0.6) is 0 Å². The Morgan fingerprint density at radius 3 is 0.918 bits per heavy atom. The minimum atomic E-state index is 1.13. The molecular weight excluding hydrogens is 953 g/mol. The maximum Gasteiger partial charge on any atom is 0.0627 e. The number of para-hydroxylation sites is 7. The predicted molar refractivity (Wildman–Crippen MR) is 314 cm³/mol. The zero-order chi connectivity index (χ0) is 48.4. The number of H-pyrrole nitrogens is 1. The first-order valence-corrected chi connectivity index (χ1v) is 25.6. The van der Waals surface area contributed by atoms with Gasteiger partial charge in [0.1, 0.15) is 0 Å². The van der Waals surface area contributed by atoms with Crippen LogP contribution in [0.15, 0.2) is 271 Å². The number of halogens is 1. The molecule has 0 unspecified atom stereocenters. The molecule has 1 N–H and O–H groups in total. The van der Waals surface area contributed by atoms with Crippen LogP contribution in [0, 0.1) is 0 Å². The van der Waals surface area contributed by atoms with E-state index in [1.807, 2.05) is 30.3 Å². The number of benzene rings is 12. The summed E-state index contributed by atoms with van der Waals surface area (Å²) in [6.07, 6.45) is 0. The highest BCUT2D eigenvalue weighted by Crippen LogP contribution is 2.48. The van der Waals surface area contributed by atoms with E-state index in [2.05, 4.69) is 271 Å². The number of hydrogen-bond acceptors (Lipinski definition) is 0. The summed E-state index contributed by atoms with van der Waals surface area (Å²) in [5.41, 5.74) is 13.4. The van der Waals surface area contributed by atoms with Crippen molar-refractivity contribution < 1.29 is 0 Å². The van der Waals surface area contributed by atoms with Gasteiger partial charge in [0, 0.05) is 91.7 Å². The predicted octanol–water partition coefficient (Wildman–Crippen LogP) is 19.1. The summed E-state index contributed by atoms with van der Waals surface area (Å²) in [5, 5.41) is 15.4. The number of aromatic nitrogens is 4. The van der Waals surface area contributed by atoms with Crippen LogP contribution in [-0.2, 0) is 0 Å². The van der Waals surface area contributed by atoms with E-state index in [9.17, 15) is 0 Å². The summed E-state index contributed by atoms with van der Waals surface area (Å²) >= 11 is 3.31. The second kappa shape index (κ2) is 17.6. The summed E-state index contributed by atoms with van der Waals surface area (Å²) in [7, 11) is 0. The first kappa shape index (κ1) is 42.7. The molecule has 4 aromatic heterocycles. The minimum absolute atomic E-state index is 1.13. The van der Waals surface area contributed by atoms with Crippen LogP contribution in [0.25, 0.3) is 126 Å². The zero-order valence-electron chi connectivity index (χ0n) is 39.6. The fourth-order valence-electron chi connectivity index (χ4n) is 11.6. The molecule has 0 fully saturated rings. The molecule has 0 atom stereocenters. The Hall–Kier alpha value is -9.16. The maximum atomic E-state index is 3.72. The molecule has 0 amide bonds. The van der Waals surface area contributed by atoms with Gasteiger partial charge < -0.3 is 18.7 Å². The highest BCUT2D eigenvalue weighted by molar-refractivity contribution is 9.10. The third-order valence-electron chi connectivity index (χ3n) is 14.5. The molecule has 0 saturated heterocycles. The van der Waals surface area contributed by atoms with Crippen molar-refractivity contribution in [3.05, 3.63) is 271 Å². The Kier molecular flexibility index (Phi) is 10.3. The molecule has 4 heterocycles. The van der Waals surface area contributed by atoms with Gasteiger partial charge in [-0.3, -0.25) is 0 Å². The van der Waals surface area contributed by atoms with Crippen LogP contribution in [0.4, 0.5) is 0 Å². The number of fused-ring (bicyclic) bond motifs is 20. The summed E-state index contributed by atoms with van der Waals surface area (Å²) < 4.78 is 8.45. The van der Waals surface area contributed by atoms with Gasteiger partial charge in [-0.15, -0.1) is 0 Å². The molecule has 12 aromatic carbocycles. The highest BCUT2D eigenvalue weighted by atomic mass is 79.9. The zero-order valence-corrected chi connectivity index (χ0v) is 41.2. The molecule has 0 spiro atoms. The summed E-state index contributed by atoms with van der Waals surface area (Å²) in [6.45, 7) is 0. The standard InChI is InChI=1S/C34H22N2.C28H18N2.C6H5Br/c1-3-13-23(14-4-1)35-29-21-11-9-19-27(29)31-32-28-20-10-12-22-30(28)36(24-15-5-2-6-16-24)34(32)26-18-8-7-17-25(26)33(31)35;1-2-10-18(11-3-1)30-24-17-9-7-15-22(24)26-25-21-14-6-8-16-23(21)29-27(25)19-12-4-5-13-20(19)28(26)30;7-6-4-2-1-3-5-6/h1-22H;1-17,29H;1-5H. The number of rotatable bonds is 3. The first-order chi connectivity index (χ1) is 36.2. The van der Waals surface area contributed by atoms with E-state index in [4.69, 9.17) is 0 Å². The van der Waals surface area contributed by atoms with Gasteiger partial charge >= 0.3 is 0 Å². The van der Waals surface area contributed by atoms with Crippen molar-refractivity contribution in [1.29, 1.82) is 0 Å². The van der Waals surface area contributed by atoms with E-state index in [0.29, 0.717) is 0 Å². The summed E-state index contributed by atoms with van der Waals surface area (Å²) in [5.74, 6) is 0. The second-order valence-electron chi connectivity index (χ2n) is 18.5. The molecule has 0 aliphatic heterocycles. The molecule has 0 bridgehead atoms. The average molecular weight is 998 g/mol. The van der Waals surface area contributed by atoms with Gasteiger partial charge in [-0.1, -0.05) is 210 Å². The lowest BCUT2D eigenvalue weighted by atomic mass is 9.99. The second-order valence-corrected chi connectivity index (χ2v) is 19.5. The van der Waals surface area contributed by atoms with Crippen molar-refractivity contribution >= 4 is 125 Å². The molecule has 344 valence electrons. The van der Waals surface area contributed by atoms with E-state index < -0.39 is 0 Å². The third-order valence-corrected chi connectivity index (χ3v) is 15.0. The van der Waals surface area contributed by atoms with Crippen LogP contribution >= 0.6 is 15.9 Å². The van der Waals surface area contributed by atoms with Crippen molar-refractivity contribution in [2.75, 3.05) is 0 Å². The van der Waals surface area contributed by atoms with Gasteiger partial charge in [-0.05, 0) is 72.8 Å². The third kappa shape index (κ3) is 6.81. The lowest BCUT2D eigenvalue weighted by Gasteiger charge is -2.13. The Morgan fingerprint density at radius 2 is 0.534 bits per heavy atom. The molecule has 16 aromatic rings. The first-order valence-electron chi connectivity index (χ1n) is 24.8. The van der Waals surface area contributed by atoms with E-state index in [1.54, 1.807) is 0 Å². The SMILES string of the molecule is Brc1ccccc1.c1ccc(-n2c3ccccc3c3c4c5ccccc5[nH]c4c4ccccc4c32)cc1.c1ccc(-n2c3ccccc3c3c4c5ccccc5n(-c5ccccc5)c4c4ccccc4c32)cc1. The fourth-order valence-corrected chi connectivity index (χ4v) is 11.9. The van der Waals surface area contributed by atoms with Crippen LogP contribution < -0.4 is 0 Å². The lowest BCUT2D eigenvalue weighted by molar-refractivity contribution is 1.18. The molecular formula is C68H45BrN4. The van der Waals surface area contributed by atoms with Crippen LogP contribution in [0.1, 0.15) is 0 Å². The molecule has 16 rings (SSSR count). The quantitative estimate of drug-likeness (QED) is 0.183. The van der Waals surface area contributed by atoms with Crippen LogP contribution in [0.2, 0.25) is 0 Å². The highest BCUT2D eigenvalue weighted by Gasteiger charge is 2.25. The van der Waals surface area contributed by atoms with Crippen LogP contribution in [-0.4, -0.2) is 18.7 Å². The topological polar surface area (TPSA) is 30.6 Å². The van der Waals surface area contributed by atoms with Crippen LogP contribution in [0.3, 0.4) is 0 Å². The fraction of sp³-hybridized carbons (Fsp3) is 0. The molecule has 0 saturated carbocycles. The van der Waals surface area contributed by atoms with E-state index >= 15 is 0 Å². The summed E-state index contributed by atoms with van der Waals surface area (Å²) in [6, 6.07) is 94.9. The largest absolute Gasteiger partial charge is 0.354 e. The smallest absolute Gasteiger partial charge is 0.0627 e. The van der Waals surface area contributed by atoms with E-state index in [-0.39, 0.29) is 0 Å². The van der Waals surface area contributed by atoms with Gasteiger partial charge in [0.15, 0.2) is 0 Å². The lowest BCUT2D eigenvalue weighted by Crippen LogP contribution is -1.96. The van der Waals surface area contributed by atoms with Gasteiger partial charge in [0.25, 0.3) is 0 Å². The van der Waals surface area contributed by atoms with E-state index in [1.165, 1.54) is 126 Å². The molecule has 0 aliphatic rings. The molecule has 4 nitrogen and oxygen atoms in total. The maximum absolute atomic E-state index is 3.72. The molecule has 0 aliphatic carbocycles. The number of hydrogen-bond donors (Lipinski definition) is 1. The number of aromatic amines is 1. The average Bonchev–Trinajstić information content (AvgIpc) is 4.22. The minimum Gasteiger partial charge on any atom is -0.354 e. The summed E-state index contributed by atoms with van der Waals surface area (Å²) in [4.78, 5) is 3.72. The van der Waals surface area contributed by atoms with Crippen molar-refractivity contribution in [2.45, 2.75) is 0 Å². The molecule has 0 radical (unpaired) electrons. The van der Waals surface area contributed by atoms with Gasteiger partial charge in [-0.25, -0.2) is 0 Å². The van der Waals surface area contributed by atoms with Crippen molar-refractivity contribution in [3.8, 4) is 17.1 Å². The Bertz CT molecular complexity index is 4570. The van der Waals surface area contributed by atoms with E-state index in [0.717, 1.165) is 4.47 Å². The normalized spacial score (nSPS) is 11.6. The van der Waals surface area contributed by atoms with Gasteiger partial charge in [0.05, 0.1) is 38.6 Å². The Morgan fingerprint density at radius 1 is 0.247 bits per heavy atom. The molecule has 5 heteroatoms. The number of nitrogens with zero attached hydrogens (tertiary/aromatic N) is 3. The van der Waals surface area contributed by atoms with Gasteiger partial charge in [-0.2, -0.15) is 0 Å². The number of nitrogens with one attached hydrogen (secondary N) is 1. The Balaban J connectivity index is 0.000000121. The van der Waals surface area contributed by atoms with Gasteiger partial charge in [0.2, 0.25) is 0 Å². The molecule has 73 heavy (non-hydrogen) atoms. The Labute approximate surface area is 429 Å². The van der Waals surface area contributed by atoms with Crippen molar-refractivity contribution in [1.82, 2.24) is 18.7 Å². The van der Waals surface area contributed by atoms with Crippen molar-refractivity contribution in [2.24, 2.45) is 0 Å². The monoisotopic (exact) mass is 996 g/mol.